The summed E-state index contributed by atoms with van der Waals surface area (Å²) in [5.41, 5.74) is 1.33. The van der Waals surface area contributed by atoms with Crippen molar-refractivity contribution >= 4 is 21.6 Å². The monoisotopic (exact) mass is 402 g/mol. The molecule has 28 heavy (non-hydrogen) atoms. The van der Waals surface area contributed by atoms with Crippen molar-refractivity contribution in [2.45, 2.75) is 31.6 Å². The smallest absolute Gasteiger partial charge is 0.254 e. The lowest BCUT2D eigenvalue weighted by Crippen LogP contribution is -2.49. The Labute approximate surface area is 166 Å². The van der Waals surface area contributed by atoms with E-state index in [0.29, 0.717) is 31.7 Å². The molecule has 0 aliphatic carbocycles. The van der Waals surface area contributed by atoms with Gasteiger partial charge in [0.15, 0.2) is 9.84 Å². The van der Waals surface area contributed by atoms with Crippen LogP contribution >= 0.6 is 0 Å². The Kier molecular flexibility index (Phi) is 5.69. The summed E-state index contributed by atoms with van der Waals surface area (Å²) in [5, 5.41) is 0. The molecule has 0 unspecified atom stereocenters. The second kappa shape index (κ2) is 7.87. The van der Waals surface area contributed by atoms with Crippen LogP contribution in [0.4, 0.5) is 5.82 Å². The van der Waals surface area contributed by atoms with Crippen molar-refractivity contribution in [1.29, 1.82) is 0 Å². The molecule has 1 saturated heterocycles. The van der Waals surface area contributed by atoms with E-state index in [1.165, 1.54) is 12.1 Å². The molecule has 0 spiro atoms. The maximum Gasteiger partial charge on any atom is 0.254 e. The van der Waals surface area contributed by atoms with Gasteiger partial charge in [-0.25, -0.2) is 18.4 Å². The third-order valence-corrected chi connectivity index (χ3v) is 5.88. The van der Waals surface area contributed by atoms with Gasteiger partial charge in [-0.2, -0.15) is 0 Å². The zero-order valence-corrected chi connectivity index (χ0v) is 17.5. The first-order chi connectivity index (χ1) is 13.1. The van der Waals surface area contributed by atoms with Crippen LogP contribution in [0.5, 0.6) is 0 Å². The quantitative estimate of drug-likeness (QED) is 0.780. The van der Waals surface area contributed by atoms with E-state index in [-0.39, 0.29) is 16.7 Å². The molecule has 1 fully saturated rings. The van der Waals surface area contributed by atoms with Crippen molar-refractivity contribution in [3.63, 3.8) is 0 Å². The van der Waals surface area contributed by atoms with Crippen molar-refractivity contribution in [2.75, 3.05) is 37.3 Å². The van der Waals surface area contributed by atoms with Crippen LogP contribution in [0.15, 0.2) is 35.2 Å². The van der Waals surface area contributed by atoms with E-state index in [1.807, 2.05) is 13.0 Å². The number of carbonyl (C=O) groups excluding carboxylic acids is 1. The lowest BCUT2D eigenvalue weighted by molar-refractivity contribution is 0.0746. The fourth-order valence-electron chi connectivity index (χ4n) is 3.18. The summed E-state index contributed by atoms with van der Waals surface area (Å²) in [4.78, 5) is 26.0. The number of hydrogen-bond donors (Lipinski definition) is 0. The summed E-state index contributed by atoms with van der Waals surface area (Å²) >= 11 is 0. The Balaban J connectivity index is 1.71. The summed E-state index contributed by atoms with van der Waals surface area (Å²) in [5.74, 6) is 1.82. The van der Waals surface area contributed by atoms with Crippen LogP contribution in [-0.2, 0) is 9.84 Å². The summed E-state index contributed by atoms with van der Waals surface area (Å²) < 4.78 is 23.5. The molecule has 8 heteroatoms. The predicted molar refractivity (Wildman–Crippen MR) is 109 cm³/mol. The zero-order valence-electron chi connectivity index (χ0n) is 16.7. The zero-order chi connectivity index (χ0) is 20.5. The van der Waals surface area contributed by atoms with E-state index in [4.69, 9.17) is 0 Å². The molecular weight excluding hydrogens is 376 g/mol. The standard InChI is InChI=1S/C20H26N4O3S/c1-14(2)19-21-15(3)12-18(22-19)23-8-10-24(11-9-23)20(25)16-6-5-7-17(13-16)28(4,26)27/h5-7,12-14H,8-11H2,1-4H3. The molecule has 2 heterocycles. The van der Waals surface area contributed by atoms with Crippen LogP contribution in [0.1, 0.15) is 41.6 Å². The summed E-state index contributed by atoms with van der Waals surface area (Å²) in [6, 6.07) is 8.20. The minimum atomic E-state index is -3.34. The number of aromatic nitrogens is 2. The maximum absolute atomic E-state index is 12.8. The number of amides is 1. The SMILES string of the molecule is Cc1cc(N2CCN(C(=O)c3cccc(S(C)(=O)=O)c3)CC2)nc(C(C)C)n1. The van der Waals surface area contributed by atoms with Crippen LogP contribution in [-0.4, -0.2) is 61.6 Å². The molecular formula is C20H26N4O3S. The number of rotatable bonds is 4. The first-order valence-corrected chi connectivity index (χ1v) is 11.2. The van der Waals surface area contributed by atoms with Crippen LogP contribution in [0.2, 0.25) is 0 Å². The molecule has 0 bridgehead atoms. The van der Waals surface area contributed by atoms with Crippen molar-refractivity contribution in [3.05, 3.63) is 47.4 Å². The molecule has 0 atom stereocenters. The number of anilines is 1. The van der Waals surface area contributed by atoms with Gasteiger partial charge in [0.25, 0.3) is 5.91 Å². The van der Waals surface area contributed by atoms with Crippen molar-refractivity contribution in [3.8, 4) is 0 Å². The molecule has 1 aliphatic rings. The molecule has 3 rings (SSSR count). The largest absolute Gasteiger partial charge is 0.353 e. The minimum Gasteiger partial charge on any atom is -0.353 e. The Bertz CT molecular complexity index is 981. The second-order valence-corrected chi connectivity index (χ2v) is 9.48. The molecule has 2 aromatic rings. The van der Waals surface area contributed by atoms with Crippen LogP contribution in [0.25, 0.3) is 0 Å². The van der Waals surface area contributed by atoms with E-state index in [9.17, 15) is 13.2 Å². The molecule has 0 N–H and O–H groups in total. The van der Waals surface area contributed by atoms with E-state index in [0.717, 1.165) is 23.6 Å². The number of sulfone groups is 1. The fourth-order valence-corrected chi connectivity index (χ4v) is 3.84. The van der Waals surface area contributed by atoms with Gasteiger partial charge in [-0.1, -0.05) is 19.9 Å². The molecule has 1 aromatic heterocycles. The van der Waals surface area contributed by atoms with Crippen molar-refractivity contribution in [2.24, 2.45) is 0 Å². The van der Waals surface area contributed by atoms with Gasteiger partial charge in [-0.3, -0.25) is 4.79 Å². The molecule has 0 saturated carbocycles. The summed E-state index contributed by atoms with van der Waals surface area (Å²) in [6.45, 7) is 8.56. The highest BCUT2D eigenvalue weighted by Crippen LogP contribution is 2.20. The summed E-state index contributed by atoms with van der Waals surface area (Å²) in [6.07, 6.45) is 1.14. The van der Waals surface area contributed by atoms with E-state index in [1.54, 1.807) is 17.0 Å². The van der Waals surface area contributed by atoms with Gasteiger partial charge in [-0.15, -0.1) is 0 Å². The lowest BCUT2D eigenvalue weighted by Gasteiger charge is -2.35. The van der Waals surface area contributed by atoms with Crippen LogP contribution < -0.4 is 4.90 Å². The normalized spacial score (nSPS) is 15.2. The highest BCUT2D eigenvalue weighted by molar-refractivity contribution is 7.90. The first-order valence-electron chi connectivity index (χ1n) is 9.35. The first kappa shape index (κ1) is 20.3. The van der Waals surface area contributed by atoms with E-state index < -0.39 is 9.84 Å². The number of carbonyl (C=O) groups is 1. The molecule has 7 nitrogen and oxygen atoms in total. The van der Waals surface area contributed by atoms with Crippen LogP contribution in [0.3, 0.4) is 0 Å². The van der Waals surface area contributed by atoms with Gasteiger partial charge in [0.2, 0.25) is 0 Å². The Hall–Kier alpha value is -2.48. The third-order valence-electron chi connectivity index (χ3n) is 4.77. The third kappa shape index (κ3) is 4.49. The van der Waals surface area contributed by atoms with Crippen molar-refractivity contribution < 1.29 is 13.2 Å². The van der Waals surface area contributed by atoms with Crippen molar-refractivity contribution in [1.82, 2.24) is 14.9 Å². The lowest BCUT2D eigenvalue weighted by atomic mass is 10.1. The average molecular weight is 403 g/mol. The van der Waals surface area contributed by atoms with Gasteiger partial charge in [0, 0.05) is 55.7 Å². The van der Waals surface area contributed by atoms with Gasteiger partial charge >= 0.3 is 0 Å². The van der Waals surface area contributed by atoms with E-state index >= 15 is 0 Å². The number of aryl methyl sites for hydroxylation is 1. The Morgan fingerprint density at radius 2 is 1.75 bits per heavy atom. The summed E-state index contributed by atoms with van der Waals surface area (Å²) in [7, 11) is -3.34. The Morgan fingerprint density at radius 3 is 2.36 bits per heavy atom. The van der Waals surface area contributed by atoms with Gasteiger partial charge in [-0.05, 0) is 25.1 Å². The van der Waals surface area contributed by atoms with Gasteiger partial charge < -0.3 is 9.80 Å². The highest BCUT2D eigenvalue weighted by atomic mass is 32.2. The van der Waals surface area contributed by atoms with Gasteiger partial charge in [0.1, 0.15) is 11.6 Å². The molecule has 0 radical (unpaired) electrons. The molecule has 1 aromatic carbocycles. The fraction of sp³-hybridized carbons (Fsp3) is 0.450. The molecule has 1 aliphatic heterocycles. The van der Waals surface area contributed by atoms with Gasteiger partial charge in [0.05, 0.1) is 4.90 Å². The average Bonchev–Trinajstić information content (AvgIpc) is 2.66. The number of nitrogens with zero attached hydrogens (tertiary/aromatic N) is 4. The number of benzene rings is 1. The van der Waals surface area contributed by atoms with E-state index in [2.05, 4.69) is 28.7 Å². The predicted octanol–water partition coefficient (Wildman–Crippen LogP) is 2.27. The topological polar surface area (TPSA) is 83.5 Å². The molecule has 150 valence electrons. The second-order valence-electron chi connectivity index (χ2n) is 7.46. The molecule has 1 amide bonds. The maximum atomic E-state index is 12.8. The Morgan fingerprint density at radius 1 is 1.07 bits per heavy atom. The minimum absolute atomic E-state index is 0.146. The van der Waals surface area contributed by atoms with Crippen LogP contribution in [0, 0.1) is 6.92 Å². The number of hydrogen-bond acceptors (Lipinski definition) is 6. The number of piperazine rings is 1. The highest BCUT2D eigenvalue weighted by Gasteiger charge is 2.24.